The highest BCUT2D eigenvalue weighted by molar-refractivity contribution is 5.97. The van der Waals surface area contributed by atoms with Crippen LogP contribution in [-0.4, -0.2) is 98.4 Å². The molecule has 3 heterocycles. The highest BCUT2D eigenvalue weighted by Crippen LogP contribution is 2.22. The molecule has 5 amide bonds. The zero-order valence-corrected chi connectivity index (χ0v) is 37.8. The van der Waals surface area contributed by atoms with Crippen molar-refractivity contribution in [2.75, 3.05) is 6.54 Å². The monoisotopic (exact) mass is 902 g/mol. The maximum atomic E-state index is 14.4. The van der Waals surface area contributed by atoms with Gasteiger partial charge in [0.15, 0.2) is 0 Å². The molecule has 6 rings (SSSR count). The van der Waals surface area contributed by atoms with Gasteiger partial charge >= 0.3 is 5.97 Å². The zero-order chi connectivity index (χ0) is 47.5. The number of carboxylic acid groups (broad SMARTS) is 1. The lowest BCUT2D eigenvalue weighted by atomic mass is 9.99. The minimum atomic E-state index is -1.30. The van der Waals surface area contributed by atoms with Crippen LogP contribution in [-0.2, 0) is 48.0 Å². The number of fused-ring (bicyclic) bond motifs is 3. The largest absolute Gasteiger partial charge is 0.480 e. The fraction of sp³-hybridized carbons (Fsp3) is 0.388. The molecular weight excluding hydrogens is 841 g/mol. The molecule has 17 nitrogen and oxygen atoms in total. The third-order valence-electron chi connectivity index (χ3n) is 11.7. The van der Waals surface area contributed by atoms with Crippen LogP contribution in [0.4, 0.5) is 0 Å². The van der Waals surface area contributed by atoms with Gasteiger partial charge in [-0.1, -0.05) is 82.3 Å². The van der Waals surface area contributed by atoms with E-state index in [0.29, 0.717) is 5.56 Å². The Morgan fingerprint density at radius 3 is 1.27 bits per heavy atom. The van der Waals surface area contributed by atoms with Gasteiger partial charge in [-0.2, -0.15) is 0 Å². The Bertz CT molecular complexity index is 2650. The molecule has 0 aliphatic heterocycles. The second-order valence-electron chi connectivity index (χ2n) is 17.8. The molecule has 13 N–H and O–H groups in total. The number of carbonyl (C=O) groups excluding carboxylic acids is 5. The number of H-pyrrole nitrogens is 3. The van der Waals surface area contributed by atoms with Crippen molar-refractivity contribution in [3.05, 3.63) is 108 Å². The number of amides is 5. The molecule has 0 saturated carbocycles. The predicted octanol–water partition coefficient (Wildman–Crippen LogP) is 3.44. The number of hydrogen-bond acceptors (Lipinski definition) is 8. The molecule has 66 heavy (non-hydrogen) atoms. The first kappa shape index (κ1) is 48.5. The minimum Gasteiger partial charge on any atom is -0.480 e. The van der Waals surface area contributed by atoms with Crippen LogP contribution in [0.1, 0.15) is 63.6 Å². The van der Waals surface area contributed by atoms with Crippen molar-refractivity contribution < 1.29 is 33.9 Å². The highest BCUT2D eigenvalue weighted by atomic mass is 16.4. The predicted molar refractivity (Wildman–Crippen MR) is 254 cm³/mol. The average molecular weight is 903 g/mol. The van der Waals surface area contributed by atoms with E-state index in [9.17, 15) is 33.9 Å². The minimum absolute atomic E-state index is 0.00756. The van der Waals surface area contributed by atoms with Crippen LogP contribution in [0.15, 0.2) is 91.4 Å². The number of carboxylic acids is 1. The van der Waals surface area contributed by atoms with Gasteiger partial charge in [0.05, 0.1) is 6.04 Å². The van der Waals surface area contributed by atoms with E-state index in [1.165, 1.54) is 0 Å². The summed E-state index contributed by atoms with van der Waals surface area (Å²) in [6, 6.07) is 15.7. The molecular formula is C49H62N10O7. The number of aliphatic carboxylic acids is 1. The topological polar surface area (TPSA) is 282 Å². The van der Waals surface area contributed by atoms with Crippen molar-refractivity contribution in [2.45, 2.75) is 102 Å². The molecule has 3 aromatic carbocycles. The van der Waals surface area contributed by atoms with Crippen molar-refractivity contribution in [1.29, 1.82) is 0 Å². The zero-order valence-electron chi connectivity index (χ0n) is 37.8. The van der Waals surface area contributed by atoms with Crippen molar-refractivity contribution >= 4 is 68.2 Å². The Labute approximate surface area is 383 Å². The summed E-state index contributed by atoms with van der Waals surface area (Å²) in [6.45, 7) is 7.46. The Kier molecular flexibility index (Phi) is 16.4. The van der Waals surface area contributed by atoms with Crippen molar-refractivity contribution in [2.24, 2.45) is 23.3 Å². The lowest BCUT2D eigenvalue weighted by Gasteiger charge is -2.28. The first-order chi connectivity index (χ1) is 31.6. The van der Waals surface area contributed by atoms with Gasteiger partial charge in [-0.15, -0.1) is 0 Å². The third-order valence-corrected chi connectivity index (χ3v) is 11.7. The van der Waals surface area contributed by atoms with Crippen LogP contribution < -0.4 is 38.1 Å². The van der Waals surface area contributed by atoms with E-state index < -0.39 is 71.8 Å². The molecule has 6 atom stereocenters. The summed E-state index contributed by atoms with van der Waals surface area (Å²) in [6.07, 6.45) is 5.88. The number of benzene rings is 3. The van der Waals surface area contributed by atoms with Crippen LogP contribution in [0.3, 0.4) is 0 Å². The van der Waals surface area contributed by atoms with Gasteiger partial charge in [0.2, 0.25) is 29.5 Å². The number of aromatic amines is 3. The maximum absolute atomic E-state index is 14.4. The molecule has 3 aromatic heterocycles. The van der Waals surface area contributed by atoms with Crippen molar-refractivity contribution in [3.63, 3.8) is 0 Å². The Hall–Kier alpha value is -6.98. The molecule has 0 spiro atoms. The summed E-state index contributed by atoms with van der Waals surface area (Å²) in [5.74, 6) is -4.70. The SMILES string of the molecule is CC(C)C[C@H](NC(=O)[C@H](CCN)NC(=O)[C@H](CC(C)C)NC(=O)[C@H](Cc1c[nH]c2ccccc12)NC(=O)[C@@H](N)Cc1c[nH]c2ccccc12)C(=O)N[C@@H](Cc1c[nH]c2ccccc12)C(=O)O. The molecule has 6 aromatic rings. The van der Waals surface area contributed by atoms with Gasteiger partial charge in [-0.05, 0) is 79.0 Å². The number of hydrogen-bond donors (Lipinski definition) is 11. The summed E-state index contributed by atoms with van der Waals surface area (Å²) in [7, 11) is 0. The first-order valence-corrected chi connectivity index (χ1v) is 22.5. The number of carbonyl (C=O) groups is 6. The fourth-order valence-electron chi connectivity index (χ4n) is 8.29. The van der Waals surface area contributed by atoms with Gasteiger partial charge in [-0.25, -0.2) is 4.79 Å². The quantitative estimate of drug-likeness (QED) is 0.0449. The Morgan fingerprint density at radius 2 is 0.848 bits per heavy atom. The van der Waals surface area contributed by atoms with Crippen LogP contribution in [0, 0.1) is 11.8 Å². The van der Waals surface area contributed by atoms with E-state index in [-0.39, 0.29) is 56.9 Å². The standard InChI is InChI=1S/C49H62N10O7/c1-27(2)19-40(58-48(64)42(22-30-25-53-37-15-9-6-12-33(30)37)56-44(60)35(51)21-29-24-52-36-14-8-5-11-32(29)36)46(62)55-39(17-18-50)45(61)57-41(20-28(3)4)47(63)59-43(49(65)66)23-31-26-54-38-16-10-7-13-34(31)38/h5-16,24-28,35,39-43,52-54H,17-23,50-51H2,1-4H3,(H,55,62)(H,56,60)(H,57,61)(H,58,64)(H,59,63)(H,65,66)/t35-,39-,40-,41-,42-,43-/m0/s1. The van der Waals surface area contributed by atoms with Gasteiger partial charge in [0.1, 0.15) is 30.2 Å². The van der Waals surface area contributed by atoms with E-state index in [0.717, 1.165) is 43.8 Å². The van der Waals surface area contributed by atoms with Crippen LogP contribution in [0.25, 0.3) is 32.7 Å². The summed E-state index contributed by atoms with van der Waals surface area (Å²) in [5, 5.41) is 26.5. The Balaban J connectivity index is 1.16. The highest BCUT2D eigenvalue weighted by Gasteiger charge is 2.34. The molecule has 0 fully saturated rings. The van der Waals surface area contributed by atoms with Crippen LogP contribution >= 0.6 is 0 Å². The molecule has 0 aliphatic carbocycles. The molecule has 0 bridgehead atoms. The van der Waals surface area contributed by atoms with Crippen molar-refractivity contribution in [3.8, 4) is 0 Å². The summed E-state index contributed by atoms with van der Waals surface area (Å²) in [5.41, 5.74) is 17.3. The van der Waals surface area contributed by atoms with E-state index in [2.05, 4.69) is 41.5 Å². The number of nitrogens with two attached hydrogens (primary N) is 2. The van der Waals surface area contributed by atoms with E-state index in [4.69, 9.17) is 11.5 Å². The van der Waals surface area contributed by atoms with Gasteiger partial charge in [0.25, 0.3) is 0 Å². The summed E-state index contributed by atoms with van der Waals surface area (Å²) >= 11 is 0. The average Bonchev–Trinajstić information content (AvgIpc) is 4.02. The Morgan fingerprint density at radius 1 is 0.500 bits per heavy atom. The van der Waals surface area contributed by atoms with E-state index in [1.54, 1.807) is 12.4 Å². The maximum Gasteiger partial charge on any atom is 0.326 e. The van der Waals surface area contributed by atoms with Gasteiger partial charge in [-0.3, -0.25) is 24.0 Å². The molecule has 0 radical (unpaired) electrons. The first-order valence-electron chi connectivity index (χ1n) is 22.5. The van der Waals surface area contributed by atoms with Crippen molar-refractivity contribution in [1.82, 2.24) is 41.5 Å². The second kappa shape index (κ2) is 22.3. The lowest BCUT2D eigenvalue weighted by molar-refractivity contribution is -0.142. The molecule has 350 valence electrons. The molecule has 17 heteroatoms. The molecule has 0 unspecified atom stereocenters. The van der Waals surface area contributed by atoms with Crippen LogP contribution in [0.2, 0.25) is 0 Å². The fourth-order valence-corrected chi connectivity index (χ4v) is 8.29. The molecule has 0 saturated heterocycles. The van der Waals surface area contributed by atoms with Gasteiger partial charge in [0, 0.05) is 64.1 Å². The number of aromatic nitrogens is 3. The molecule has 0 aliphatic rings. The number of para-hydroxylation sites is 3. The van der Waals surface area contributed by atoms with E-state index in [1.807, 2.05) is 107 Å². The smallest absolute Gasteiger partial charge is 0.326 e. The normalized spacial score (nSPS) is 14.4. The van der Waals surface area contributed by atoms with E-state index >= 15 is 0 Å². The summed E-state index contributed by atoms with van der Waals surface area (Å²) in [4.78, 5) is 92.0. The lowest BCUT2D eigenvalue weighted by Crippen LogP contribution is -2.60. The summed E-state index contributed by atoms with van der Waals surface area (Å²) < 4.78 is 0. The van der Waals surface area contributed by atoms with Crippen LogP contribution in [0.5, 0.6) is 0 Å². The number of rotatable bonds is 23. The van der Waals surface area contributed by atoms with Gasteiger partial charge < -0.3 is 58.1 Å². The number of nitrogens with one attached hydrogen (secondary N) is 8. The third kappa shape index (κ3) is 12.4. The second-order valence-corrected chi connectivity index (χ2v) is 17.8.